The monoisotopic (exact) mass is 380 g/mol. The fourth-order valence-corrected chi connectivity index (χ4v) is 3.72. The van der Waals surface area contributed by atoms with E-state index in [1.165, 1.54) is 18.5 Å². The summed E-state index contributed by atoms with van der Waals surface area (Å²) in [6.07, 6.45) is 2.82. The summed E-state index contributed by atoms with van der Waals surface area (Å²) in [5.41, 5.74) is 1.92. The smallest absolute Gasteiger partial charge is 0.261 e. The lowest BCUT2D eigenvalue weighted by Gasteiger charge is -2.12. The van der Waals surface area contributed by atoms with Gasteiger partial charge in [-0.2, -0.15) is 0 Å². The van der Waals surface area contributed by atoms with Crippen molar-refractivity contribution in [1.82, 2.24) is 4.98 Å². The Bertz CT molecular complexity index is 1040. The van der Waals surface area contributed by atoms with Crippen LogP contribution >= 0.6 is 0 Å². The second-order valence-electron chi connectivity index (χ2n) is 6.45. The van der Waals surface area contributed by atoms with Crippen molar-refractivity contribution in [3.8, 4) is 0 Å². The Morgan fingerprint density at radius 1 is 0.963 bits per heavy atom. The van der Waals surface area contributed by atoms with Crippen LogP contribution in [0.1, 0.15) is 41.3 Å². The molecule has 0 saturated carbocycles. The summed E-state index contributed by atoms with van der Waals surface area (Å²) < 4.78 is 28.0. The maximum absolute atomic E-state index is 12.8. The molecule has 0 unspecified atom stereocenters. The van der Waals surface area contributed by atoms with Crippen molar-refractivity contribution >= 4 is 21.5 Å². The summed E-state index contributed by atoms with van der Waals surface area (Å²) in [7, 11) is -3.82. The van der Waals surface area contributed by atoms with Gasteiger partial charge in [-0.05, 0) is 29.7 Å². The van der Waals surface area contributed by atoms with Crippen LogP contribution < -0.4 is 4.72 Å². The highest BCUT2D eigenvalue weighted by Gasteiger charge is 2.20. The molecule has 138 valence electrons. The van der Waals surface area contributed by atoms with Gasteiger partial charge in [0.15, 0.2) is 5.78 Å². The quantitative estimate of drug-likeness (QED) is 0.649. The molecular formula is C21H20N2O3S. The Morgan fingerprint density at radius 2 is 1.63 bits per heavy atom. The summed E-state index contributed by atoms with van der Waals surface area (Å²) in [5, 5.41) is 0. The lowest BCUT2D eigenvalue weighted by atomic mass is 10.0. The fourth-order valence-electron chi connectivity index (χ4n) is 2.64. The Morgan fingerprint density at radius 3 is 2.26 bits per heavy atom. The summed E-state index contributed by atoms with van der Waals surface area (Å²) in [6.45, 7) is 4.08. The summed E-state index contributed by atoms with van der Waals surface area (Å²) >= 11 is 0. The highest BCUT2D eigenvalue weighted by Crippen LogP contribution is 2.23. The number of nitrogens with zero attached hydrogens (tertiary/aromatic N) is 1. The molecule has 0 saturated heterocycles. The zero-order valence-corrected chi connectivity index (χ0v) is 15.9. The minimum atomic E-state index is -3.82. The lowest BCUT2D eigenvalue weighted by Crippen LogP contribution is -2.16. The minimum Gasteiger partial charge on any atom is -0.288 e. The van der Waals surface area contributed by atoms with Crippen molar-refractivity contribution in [3.05, 3.63) is 89.7 Å². The number of pyridine rings is 1. The maximum Gasteiger partial charge on any atom is 0.261 e. The number of ketones is 1. The molecule has 0 spiro atoms. The molecule has 0 aliphatic carbocycles. The molecular weight excluding hydrogens is 360 g/mol. The van der Waals surface area contributed by atoms with Gasteiger partial charge in [0.2, 0.25) is 0 Å². The van der Waals surface area contributed by atoms with E-state index in [4.69, 9.17) is 0 Å². The van der Waals surface area contributed by atoms with Crippen molar-refractivity contribution < 1.29 is 13.2 Å². The standard InChI is InChI=1S/C21H20N2O3S/c1-15(2)16-8-10-18(11-9-16)27(25,26)23-20-12-13-22-14-19(20)21(24)17-6-4-3-5-7-17/h3-15H,1-2H3,(H,22,23). The average Bonchev–Trinajstić information content (AvgIpc) is 2.68. The van der Waals surface area contributed by atoms with Crippen molar-refractivity contribution in [3.63, 3.8) is 0 Å². The number of aromatic nitrogens is 1. The number of carbonyl (C=O) groups excluding carboxylic acids is 1. The molecule has 0 aliphatic heterocycles. The van der Waals surface area contributed by atoms with Crippen molar-refractivity contribution in [1.29, 1.82) is 0 Å². The fraction of sp³-hybridized carbons (Fsp3) is 0.143. The van der Waals surface area contributed by atoms with E-state index in [1.54, 1.807) is 48.5 Å². The van der Waals surface area contributed by atoms with Gasteiger partial charge in [0.1, 0.15) is 0 Å². The Hall–Kier alpha value is -2.99. The first-order valence-corrected chi connectivity index (χ1v) is 10.0. The Balaban J connectivity index is 1.92. The number of hydrogen-bond acceptors (Lipinski definition) is 4. The van der Waals surface area contributed by atoms with Gasteiger partial charge in [-0.3, -0.25) is 14.5 Å². The SMILES string of the molecule is CC(C)c1ccc(S(=O)(=O)Nc2ccncc2C(=O)c2ccccc2)cc1. The van der Waals surface area contributed by atoms with Crippen molar-refractivity contribution in [2.45, 2.75) is 24.7 Å². The van der Waals surface area contributed by atoms with Gasteiger partial charge in [0, 0.05) is 18.0 Å². The largest absolute Gasteiger partial charge is 0.288 e. The number of sulfonamides is 1. The van der Waals surface area contributed by atoms with E-state index < -0.39 is 10.0 Å². The van der Waals surface area contributed by atoms with Gasteiger partial charge in [0.25, 0.3) is 10.0 Å². The Kier molecular flexibility index (Phi) is 5.37. The summed E-state index contributed by atoms with van der Waals surface area (Å²) in [4.78, 5) is 16.8. The molecule has 0 atom stereocenters. The van der Waals surface area contributed by atoms with Crippen LogP contribution in [0, 0.1) is 0 Å². The molecule has 6 heteroatoms. The number of benzene rings is 2. The van der Waals surface area contributed by atoms with E-state index in [1.807, 2.05) is 19.9 Å². The highest BCUT2D eigenvalue weighted by molar-refractivity contribution is 7.92. The van der Waals surface area contributed by atoms with Crippen LogP contribution in [0.25, 0.3) is 0 Å². The van der Waals surface area contributed by atoms with E-state index in [0.29, 0.717) is 11.5 Å². The van der Waals surface area contributed by atoms with Crippen LogP contribution in [0.3, 0.4) is 0 Å². The zero-order valence-electron chi connectivity index (χ0n) is 15.1. The first-order valence-electron chi connectivity index (χ1n) is 8.55. The predicted molar refractivity (Wildman–Crippen MR) is 105 cm³/mol. The molecule has 3 rings (SSSR count). The maximum atomic E-state index is 12.8. The number of rotatable bonds is 6. The molecule has 0 bridgehead atoms. The molecule has 27 heavy (non-hydrogen) atoms. The zero-order chi connectivity index (χ0) is 19.4. The van der Waals surface area contributed by atoms with Gasteiger partial charge in [0.05, 0.1) is 16.1 Å². The van der Waals surface area contributed by atoms with Crippen LogP contribution in [0.2, 0.25) is 0 Å². The van der Waals surface area contributed by atoms with Gasteiger partial charge in [-0.25, -0.2) is 8.42 Å². The predicted octanol–water partition coefficient (Wildman–Crippen LogP) is 4.24. The molecule has 0 radical (unpaired) electrons. The van der Waals surface area contributed by atoms with Gasteiger partial charge in [-0.15, -0.1) is 0 Å². The van der Waals surface area contributed by atoms with Crippen LogP contribution in [0.4, 0.5) is 5.69 Å². The minimum absolute atomic E-state index is 0.141. The number of hydrogen-bond donors (Lipinski definition) is 1. The average molecular weight is 380 g/mol. The van der Waals surface area contributed by atoms with E-state index >= 15 is 0 Å². The number of anilines is 1. The van der Waals surface area contributed by atoms with Crippen LogP contribution in [0.5, 0.6) is 0 Å². The molecule has 1 aromatic heterocycles. The van der Waals surface area contributed by atoms with Gasteiger partial charge in [-0.1, -0.05) is 56.3 Å². The van der Waals surface area contributed by atoms with E-state index in [9.17, 15) is 13.2 Å². The third-order valence-electron chi connectivity index (χ3n) is 4.20. The second kappa shape index (κ2) is 7.72. The third kappa shape index (κ3) is 4.23. The van der Waals surface area contributed by atoms with E-state index in [2.05, 4.69) is 9.71 Å². The number of nitrogens with one attached hydrogen (secondary N) is 1. The molecule has 5 nitrogen and oxygen atoms in total. The van der Waals surface area contributed by atoms with Gasteiger partial charge >= 0.3 is 0 Å². The molecule has 0 amide bonds. The van der Waals surface area contributed by atoms with Crippen LogP contribution in [-0.2, 0) is 10.0 Å². The number of carbonyl (C=O) groups is 1. The molecule has 1 heterocycles. The third-order valence-corrected chi connectivity index (χ3v) is 5.58. The molecule has 1 N–H and O–H groups in total. The highest BCUT2D eigenvalue weighted by atomic mass is 32.2. The first kappa shape index (κ1) is 18.8. The van der Waals surface area contributed by atoms with Gasteiger partial charge < -0.3 is 0 Å². The summed E-state index contributed by atoms with van der Waals surface area (Å²) in [5.74, 6) is 0.0153. The second-order valence-corrected chi connectivity index (χ2v) is 8.13. The molecule has 0 fully saturated rings. The topological polar surface area (TPSA) is 76.1 Å². The Labute approximate surface area is 159 Å². The van der Waals surface area contributed by atoms with Crippen molar-refractivity contribution in [2.75, 3.05) is 4.72 Å². The molecule has 0 aliphatic rings. The van der Waals surface area contributed by atoms with Crippen LogP contribution in [0.15, 0.2) is 78.0 Å². The van der Waals surface area contributed by atoms with Crippen molar-refractivity contribution in [2.24, 2.45) is 0 Å². The molecule has 2 aromatic carbocycles. The van der Waals surface area contributed by atoms with E-state index in [-0.39, 0.29) is 21.9 Å². The molecule has 3 aromatic rings. The normalized spacial score (nSPS) is 11.4. The lowest BCUT2D eigenvalue weighted by molar-refractivity contribution is 0.103. The first-order chi connectivity index (χ1) is 12.9. The van der Waals surface area contributed by atoms with E-state index in [0.717, 1.165) is 5.56 Å². The summed E-state index contributed by atoms with van der Waals surface area (Å²) in [6, 6.07) is 16.9. The van der Waals surface area contributed by atoms with Crippen LogP contribution in [-0.4, -0.2) is 19.2 Å².